The third-order valence-electron chi connectivity index (χ3n) is 3.41. The lowest BCUT2D eigenvalue weighted by atomic mass is 10.1. The minimum Gasteiger partial charge on any atom is -0.356 e. The van der Waals surface area contributed by atoms with Crippen molar-refractivity contribution in [3.8, 4) is 6.07 Å². The van der Waals surface area contributed by atoms with Crippen molar-refractivity contribution in [1.29, 1.82) is 5.26 Å². The Balaban J connectivity index is 2.25. The van der Waals surface area contributed by atoms with E-state index in [-0.39, 0.29) is 0 Å². The van der Waals surface area contributed by atoms with Crippen LogP contribution in [0.2, 0.25) is 0 Å². The van der Waals surface area contributed by atoms with Crippen LogP contribution >= 0.6 is 0 Å². The first-order valence-electron chi connectivity index (χ1n) is 6.43. The Morgan fingerprint density at radius 2 is 1.82 bits per heavy atom. The molecule has 2 heterocycles. The number of hydrogen-bond acceptors (Lipinski definition) is 3. The van der Waals surface area contributed by atoms with Crippen LogP contribution in [0.1, 0.15) is 43.2 Å². The predicted octanol–water partition coefficient (Wildman–Crippen LogP) is 3.03. The van der Waals surface area contributed by atoms with E-state index in [2.05, 4.69) is 16.0 Å². The summed E-state index contributed by atoms with van der Waals surface area (Å²) >= 11 is 0. The zero-order valence-corrected chi connectivity index (χ0v) is 10.4. The van der Waals surface area contributed by atoms with Gasteiger partial charge in [0.2, 0.25) is 0 Å². The summed E-state index contributed by atoms with van der Waals surface area (Å²) in [4.78, 5) is 6.69. The van der Waals surface area contributed by atoms with Crippen molar-refractivity contribution in [1.82, 2.24) is 4.98 Å². The van der Waals surface area contributed by atoms with E-state index in [9.17, 15) is 5.26 Å². The number of anilines is 1. The van der Waals surface area contributed by atoms with Gasteiger partial charge in [-0.05, 0) is 31.4 Å². The van der Waals surface area contributed by atoms with Gasteiger partial charge < -0.3 is 4.90 Å². The maximum atomic E-state index is 9.24. The van der Waals surface area contributed by atoms with Gasteiger partial charge in [0, 0.05) is 19.3 Å². The van der Waals surface area contributed by atoms with Gasteiger partial charge in [-0.1, -0.05) is 19.3 Å². The van der Waals surface area contributed by atoms with E-state index in [1.54, 1.807) is 0 Å². The molecule has 0 aliphatic carbocycles. The molecule has 0 atom stereocenters. The largest absolute Gasteiger partial charge is 0.356 e. The number of pyridine rings is 1. The normalized spacial score (nSPS) is 17.1. The van der Waals surface area contributed by atoms with E-state index in [0.29, 0.717) is 0 Å². The van der Waals surface area contributed by atoms with Crippen molar-refractivity contribution in [3.63, 3.8) is 0 Å². The van der Waals surface area contributed by atoms with Crippen molar-refractivity contribution in [2.24, 2.45) is 0 Å². The molecule has 0 saturated carbocycles. The summed E-state index contributed by atoms with van der Waals surface area (Å²) < 4.78 is 0. The Hall–Kier alpha value is -1.56. The third-order valence-corrected chi connectivity index (χ3v) is 3.41. The molecule has 1 aromatic rings. The van der Waals surface area contributed by atoms with Crippen LogP contribution in [-0.4, -0.2) is 18.1 Å². The molecule has 17 heavy (non-hydrogen) atoms. The molecule has 0 bridgehead atoms. The van der Waals surface area contributed by atoms with Crippen molar-refractivity contribution in [3.05, 3.63) is 23.4 Å². The van der Waals surface area contributed by atoms with Crippen LogP contribution < -0.4 is 4.90 Å². The molecule has 1 aromatic heterocycles. The molecule has 2 rings (SSSR count). The van der Waals surface area contributed by atoms with Gasteiger partial charge in [0.15, 0.2) is 0 Å². The summed E-state index contributed by atoms with van der Waals surface area (Å²) in [6, 6.07) is 4.20. The van der Waals surface area contributed by atoms with Crippen LogP contribution in [0.5, 0.6) is 0 Å². The number of aryl methyl sites for hydroxylation is 1. The van der Waals surface area contributed by atoms with Gasteiger partial charge in [0.05, 0.1) is 5.56 Å². The topological polar surface area (TPSA) is 39.9 Å². The van der Waals surface area contributed by atoms with Gasteiger partial charge in [-0.3, -0.25) is 0 Å². The van der Waals surface area contributed by atoms with Crippen molar-refractivity contribution < 1.29 is 0 Å². The summed E-state index contributed by atoms with van der Waals surface area (Å²) in [6.07, 6.45) is 8.17. The summed E-state index contributed by atoms with van der Waals surface area (Å²) in [7, 11) is 0. The van der Waals surface area contributed by atoms with Crippen LogP contribution in [0.4, 0.5) is 5.82 Å². The molecule has 0 radical (unpaired) electrons. The number of rotatable bonds is 1. The molecular formula is C14H19N3. The molecule has 0 N–H and O–H groups in total. The van der Waals surface area contributed by atoms with E-state index >= 15 is 0 Å². The second-order valence-corrected chi connectivity index (χ2v) is 4.69. The molecular weight excluding hydrogens is 210 g/mol. The average Bonchev–Trinajstić information content (AvgIpc) is 2.28. The second-order valence-electron chi connectivity index (χ2n) is 4.69. The molecule has 0 spiro atoms. The number of nitrogens with zero attached hydrogens (tertiary/aromatic N) is 3. The van der Waals surface area contributed by atoms with Crippen molar-refractivity contribution in [2.45, 2.75) is 39.0 Å². The predicted molar refractivity (Wildman–Crippen MR) is 69.0 cm³/mol. The molecule has 0 unspecified atom stereocenters. The fourth-order valence-electron chi connectivity index (χ4n) is 2.38. The van der Waals surface area contributed by atoms with Crippen LogP contribution in [0.3, 0.4) is 0 Å². The first kappa shape index (κ1) is 11.9. The minimum absolute atomic E-state index is 0.744. The molecule has 0 amide bonds. The highest BCUT2D eigenvalue weighted by molar-refractivity contribution is 5.57. The Morgan fingerprint density at radius 1 is 1.18 bits per heavy atom. The Bertz CT molecular complexity index is 412. The molecule has 3 nitrogen and oxygen atoms in total. The lowest BCUT2D eigenvalue weighted by Crippen LogP contribution is -2.28. The van der Waals surface area contributed by atoms with Crippen LogP contribution in [0.15, 0.2) is 12.3 Å². The molecule has 1 aliphatic rings. The summed E-state index contributed by atoms with van der Waals surface area (Å²) in [5, 5.41) is 9.24. The first-order valence-corrected chi connectivity index (χ1v) is 6.43. The Labute approximate surface area is 103 Å². The number of hydrogen-bond donors (Lipinski definition) is 0. The summed E-state index contributed by atoms with van der Waals surface area (Å²) in [5.41, 5.74) is 1.77. The molecule has 3 heteroatoms. The zero-order chi connectivity index (χ0) is 12.1. The molecule has 0 aromatic carbocycles. The quantitative estimate of drug-likeness (QED) is 0.743. The van der Waals surface area contributed by atoms with Gasteiger partial charge in [-0.2, -0.15) is 5.26 Å². The highest BCUT2D eigenvalue weighted by atomic mass is 15.2. The van der Waals surface area contributed by atoms with Gasteiger partial charge in [0.1, 0.15) is 11.9 Å². The van der Waals surface area contributed by atoms with Crippen LogP contribution in [0.25, 0.3) is 0 Å². The lowest BCUT2D eigenvalue weighted by molar-refractivity contribution is 0.553. The number of nitriles is 1. The van der Waals surface area contributed by atoms with Crippen LogP contribution in [0, 0.1) is 18.3 Å². The van der Waals surface area contributed by atoms with Gasteiger partial charge in [0.25, 0.3) is 0 Å². The molecule has 90 valence electrons. The van der Waals surface area contributed by atoms with Crippen molar-refractivity contribution >= 4 is 5.82 Å². The van der Waals surface area contributed by atoms with E-state index in [0.717, 1.165) is 30.0 Å². The Kier molecular flexibility index (Phi) is 3.98. The van der Waals surface area contributed by atoms with E-state index in [4.69, 9.17) is 0 Å². The van der Waals surface area contributed by atoms with Crippen molar-refractivity contribution in [2.75, 3.05) is 18.0 Å². The standard InChI is InChI=1S/C14H19N3/c1-12-7-8-16-14(13(12)11-15)17-9-5-3-2-4-6-10-17/h7-8H,2-6,9-10H2,1H3. The van der Waals surface area contributed by atoms with E-state index < -0.39 is 0 Å². The summed E-state index contributed by atoms with van der Waals surface area (Å²) in [6.45, 7) is 4.05. The fraction of sp³-hybridized carbons (Fsp3) is 0.571. The lowest BCUT2D eigenvalue weighted by Gasteiger charge is -2.26. The van der Waals surface area contributed by atoms with E-state index in [1.165, 1.54) is 32.1 Å². The maximum absolute atomic E-state index is 9.24. The van der Waals surface area contributed by atoms with Gasteiger partial charge >= 0.3 is 0 Å². The SMILES string of the molecule is Cc1ccnc(N2CCCCCCC2)c1C#N. The fourth-order valence-corrected chi connectivity index (χ4v) is 2.38. The highest BCUT2D eigenvalue weighted by Crippen LogP contribution is 2.22. The highest BCUT2D eigenvalue weighted by Gasteiger charge is 2.15. The molecule has 1 fully saturated rings. The minimum atomic E-state index is 0.744. The zero-order valence-electron chi connectivity index (χ0n) is 10.4. The Morgan fingerprint density at radius 3 is 2.47 bits per heavy atom. The van der Waals surface area contributed by atoms with Gasteiger partial charge in [-0.15, -0.1) is 0 Å². The molecule has 1 saturated heterocycles. The molecule has 1 aliphatic heterocycles. The summed E-state index contributed by atoms with van der Waals surface area (Å²) in [5.74, 6) is 0.884. The van der Waals surface area contributed by atoms with Gasteiger partial charge in [-0.25, -0.2) is 4.98 Å². The number of aromatic nitrogens is 1. The monoisotopic (exact) mass is 229 g/mol. The first-order chi connectivity index (χ1) is 8.33. The second kappa shape index (κ2) is 5.67. The smallest absolute Gasteiger partial charge is 0.146 e. The third kappa shape index (κ3) is 2.76. The maximum Gasteiger partial charge on any atom is 0.146 e. The van der Waals surface area contributed by atoms with E-state index in [1.807, 2.05) is 19.2 Å². The average molecular weight is 229 g/mol. The van der Waals surface area contributed by atoms with Crippen LogP contribution in [-0.2, 0) is 0 Å².